The average Bonchev–Trinajstić information content (AvgIpc) is 2.54. The van der Waals surface area contributed by atoms with Crippen LogP contribution in [0.1, 0.15) is 27.6 Å². The standard InChI is InChI=1S/C16H16N2O4S/c1-11(19)12-6-5-7-13(10-12)23(21,22)18-15-9-4-3-8-14(15)16(20)17-2/h3-10,18H,1-2H3,(H,17,20). The van der Waals surface area contributed by atoms with Gasteiger partial charge in [-0.2, -0.15) is 0 Å². The Kier molecular flexibility index (Phi) is 4.80. The van der Waals surface area contributed by atoms with Gasteiger partial charge in [-0.15, -0.1) is 0 Å². The molecular formula is C16H16N2O4S. The lowest BCUT2D eigenvalue weighted by atomic mass is 10.2. The summed E-state index contributed by atoms with van der Waals surface area (Å²) in [5, 5.41) is 2.45. The van der Waals surface area contributed by atoms with Crippen molar-refractivity contribution in [3.63, 3.8) is 0 Å². The van der Waals surface area contributed by atoms with Gasteiger partial charge in [0.05, 0.1) is 16.1 Å². The van der Waals surface area contributed by atoms with Crippen LogP contribution >= 0.6 is 0 Å². The van der Waals surface area contributed by atoms with Crippen molar-refractivity contribution in [2.45, 2.75) is 11.8 Å². The molecule has 120 valence electrons. The predicted molar refractivity (Wildman–Crippen MR) is 87.1 cm³/mol. The van der Waals surface area contributed by atoms with Crippen LogP contribution in [-0.4, -0.2) is 27.2 Å². The van der Waals surface area contributed by atoms with Crippen LogP contribution in [0.5, 0.6) is 0 Å². The molecule has 0 radical (unpaired) electrons. The summed E-state index contributed by atoms with van der Waals surface area (Å²) in [7, 11) is -2.45. The molecule has 0 aliphatic heterocycles. The number of nitrogens with one attached hydrogen (secondary N) is 2. The Hall–Kier alpha value is -2.67. The van der Waals surface area contributed by atoms with Gasteiger partial charge in [0.2, 0.25) is 0 Å². The van der Waals surface area contributed by atoms with Crippen molar-refractivity contribution in [3.8, 4) is 0 Å². The molecule has 23 heavy (non-hydrogen) atoms. The summed E-state index contributed by atoms with van der Waals surface area (Å²) in [5.74, 6) is -0.631. The molecule has 0 bridgehead atoms. The first-order valence-electron chi connectivity index (χ1n) is 6.80. The highest BCUT2D eigenvalue weighted by molar-refractivity contribution is 7.92. The lowest BCUT2D eigenvalue weighted by Crippen LogP contribution is -2.21. The molecule has 0 saturated carbocycles. The van der Waals surface area contributed by atoms with E-state index in [9.17, 15) is 18.0 Å². The number of amides is 1. The van der Waals surface area contributed by atoms with E-state index in [4.69, 9.17) is 0 Å². The molecule has 1 amide bonds. The molecule has 0 atom stereocenters. The number of Topliss-reactive ketones (excluding diaryl/α,β-unsaturated/α-hetero) is 1. The van der Waals surface area contributed by atoms with Gasteiger partial charge in [0, 0.05) is 12.6 Å². The highest BCUT2D eigenvalue weighted by Crippen LogP contribution is 2.21. The maximum atomic E-state index is 12.5. The van der Waals surface area contributed by atoms with E-state index in [-0.39, 0.29) is 21.9 Å². The quantitative estimate of drug-likeness (QED) is 0.820. The van der Waals surface area contributed by atoms with Gasteiger partial charge < -0.3 is 5.32 Å². The van der Waals surface area contributed by atoms with Crippen molar-refractivity contribution in [1.82, 2.24) is 5.32 Å². The van der Waals surface area contributed by atoms with Crippen molar-refractivity contribution >= 4 is 27.4 Å². The Bertz CT molecular complexity index is 860. The Balaban J connectivity index is 2.42. The number of benzene rings is 2. The van der Waals surface area contributed by atoms with E-state index in [0.29, 0.717) is 5.56 Å². The Labute approximate surface area is 134 Å². The van der Waals surface area contributed by atoms with E-state index in [1.54, 1.807) is 18.2 Å². The first-order chi connectivity index (χ1) is 10.8. The smallest absolute Gasteiger partial charge is 0.261 e. The fraction of sp³-hybridized carbons (Fsp3) is 0.125. The van der Waals surface area contributed by atoms with Gasteiger partial charge in [0.15, 0.2) is 5.78 Å². The minimum absolute atomic E-state index is 0.0445. The lowest BCUT2D eigenvalue weighted by Gasteiger charge is -2.12. The zero-order chi connectivity index (χ0) is 17.0. The fourth-order valence-electron chi connectivity index (χ4n) is 1.99. The van der Waals surface area contributed by atoms with Crippen LogP contribution in [0.4, 0.5) is 5.69 Å². The molecule has 0 saturated heterocycles. The van der Waals surface area contributed by atoms with Gasteiger partial charge in [-0.25, -0.2) is 8.42 Å². The van der Waals surface area contributed by atoms with Crippen LogP contribution in [0.15, 0.2) is 53.4 Å². The Morgan fingerprint density at radius 2 is 1.70 bits per heavy atom. The molecule has 0 aliphatic carbocycles. The van der Waals surface area contributed by atoms with Gasteiger partial charge in [-0.1, -0.05) is 24.3 Å². The molecule has 7 heteroatoms. The first kappa shape index (κ1) is 16.7. The third-order valence-corrected chi connectivity index (χ3v) is 4.56. The fourth-order valence-corrected chi connectivity index (χ4v) is 3.12. The highest BCUT2D eigenvalue weighted by Gasteiger charge is 2.18. The van der Waals surface area contributed by atoms with Gasteiger partial charge in [-0.05, 0) is 31.2 Å². The molecule has 0 aliphatic rings. The SMILES string of the molecule is CNC(=O)c1ccccc1NS(=O)(=O)c1cccc(C(C)=O)c1. The number of para-hydroxylation sites is 1. The second kappa shape index (κ2) is 6.62. The van der Waals surface area contributed by atoms with Crippen LogP contribution in [-0.2, 0) is 10.0 Å². The topological polar surface area (TPSA) is 92.3 Å². The van der Waals surface area contributed by atoms with Crippen molar-refractivity contribution in [2.75, 3.05) is 11.8 Å². The monoisotopic (exact) mass is 332 g/mol. The maximum Gasteiger partial charge on any atom is 0.261 e. The average molecular weight is 332 g/mol. The van der Waals surface area contributed by atoms with Gasteiger partial charge in [0.1, 0.15) is 0 Å². The molecule has 0 spiro atoms. The third kappa shape index (κ3) is 3.75. The Morgan fingerprint density at radius 1 is 1.00 bits per heavy atom. The van der Waals surface area contributed by atoms with E-state index in [1.165, 1.54) is 44.3 Å². The van der Waals surface area contributed by atoms with Crippen LogP contribution < -0.4 is 10.0 Å². The van der Waals surface area contributed by atoms with Crippen molar-refractivity contribution in [2.24, 2.45) is 0 Å². The minimum atomic E-state index is -3.92. The number of hydrogen-bond acceptors (Lipinski definition) is 4. The second-order valence-electron chi connectivity index (χ2n) is 4.81. The van der Waals surface area contributed by atoms with Crippen molar-refractivity contribution < 1.29 is 18.0 Å². The van der Waals surface area contributed by atoms with Crippen LogP contribution in [0.25, 0.3) is 0 Å². The van der Waals surface area contributed by atoms with Gasteiger partial charge >= 0.3 is 0 Å². The molecule has 0 unspecified atom stereocenters. The number of carbonyl (C=O) groups excluding carboxylic acids is 2. The first-order valence-corrected chi connectivity index (χ1v) is 8.28. The normalized spacial score (nSPS) is 10.9. The van der Waals surface area contributed by atoms with E-state index < -0.39 is 15.9 Å². The molecule has 2 rings (SSSR count). The zero-order valence-electron chi connectivity index (χ0n) is 12.7. The predicted octanol–water partition coefficient (Wildman–Crippen LogP) is 2.05. The van der Waals surface area contributed by atoms with Crippen molar-refractivity contribution in [1.29, 1.82) is 0 Å². The summed E-state index contributed by atoms with van der Waals surface area (Å²) >= 11 is 0. The van der Waals surface area contributed by atoms with E-state index in [2.05, 4.69) is 10.0 Å². The lowest BCUT2D eigenvalue weighted by molar-refractivity contribution is 0.0962. The number of hydrogen-bond donors (Lipinski definition) is 2. The molecule has 6 nitrogen and oxygen atoms in total. The molecule has 2 N–H and O–H groups in total. The summed E-state index contributed by atoms with van der Waals surface area (Å²) in [5.41, 5.74) is 0.675. The second-order valence-corrected chi connectivity index (χ2v) is 6.50. The number of sulfonamides is 1. The van der Waals surface area contributed by atoms with Crippen LogP contribution in [0.2, 0.25) is 0 Å². The molecule has 0 aromatic heterocycles. The largest absolute Gasteiger partial charge is 0.355 e. The number of anilines is 1. The molecule has 2 aromatic carbocycles. The molecule has 0 fully saturated rings. The van der Waals surface area contributed by atoms with Crippen molar-refractivity contribution in [3.05, 3.63) is 59.7 Å². The Morgan fingerprint density at radius 3 is 2.35 bits per heavy atom. The zero-order valence-corrected chi connectivity index (χ0v) is 13.5. The summed E-state index contributed by atoms with van der Waals surface area (Å²) in [6.07, 6.45) is 0. The highest BCUT2D eigenvalue weighted by atomic mass is 32.2. The van der Waals surface area contributed by atoms with E-state index in [0.717, 1.165) is 0 Å². The summed E-state index contributed by atoms with van der Waals surface area (Å²) in [6.45, 7) is 1.36. The molecular weight excluding hydrogens is 316 g/mol. The van der Waals surface area contributed by atoms with Gasteiger partial charge in [-0.3, -0.25) is 14.3 Å². The number of ketones is 1. The third-order valence-electron chi connectivity index (χ3n) is 3.19. The maximum absolute atomic E-state index is 12.5. The molecule has 0 heterocycles. The summed E-state index contributed by atoms with van der Waals surface area (Å²) in [6, 6.07) is 12.0. The summed E-state index contributed by atoms with van der Waals surface area (Å²) in [4.78, 5) is 23.2. The van der Waals surface area contributed by atoms with Crippen LogP contribution in [0, 0.1) is 0 Å². The number of carbonyl (C=O) groups is 2. The van der Waals surface area contributed by atoms with Gasteiger partial charge in [0.25, 0.3) is 15.9 Å². The molecule has 2 aromatic rings. The van der Waals surface area contributed by atoms with E-state index in [1.807, 2.05) is 0 Å². The minimum Gasteiger partial charge on any atom is -0.355 e. The number of rotatable bonds is 5. The summed E-state index contributed by atoms with van der Waals surface area (Å²) < 4.78 is 27.4. The van der Waals surface area contributed by atoms with Crippen LogP contribution in [0.3, 0.4) is 0 Å². The van der Waals surface area contributed by atoms with E-state index >= 15 is 0 Å².